The van der Waals surface area contributed by atoms with Crippen molar-refractivity contribution >= 4 is 15.9 Å². The van der Waals surface area contributed by atoms with Crippen molar-refractivity contribution < 1.29 is 4.74 Å². The quantitative estimate of drug-likeness (QED) is 0.532. The van der Waals surface area contributed by atoms with Crippen LogP contribution in [0.1, 0.15) is 12.8 Å². The lowest BCUT2D eigenvalue weighted by Crippen LogP contribution is -2.33. The minimum absolute atomic E-state index is 0.801. The molecule has 0 spiro atoms. The number of hydrogen-bond donors (Lipinski definition) is 0. The van der Waals surface area contributed by atoms with Gasteiger partial charge in [0.2, 0.25) is 0 Å². The predicted octanol–water partition coefficient (Wildman–Crippen LogP) is 1.70. The number of alkyl halides is 1. The van der Waals surface area contributed by atoms with E-state index in [9.17, 15) is 0 Å². The van der Waals surface area contributed by atoms with E-state index in [2.05, 4.69) is 20.8 Å². The Kier molecular flexibility index (Phi) is 4.41. The van der Waals surface area contributed by atoms with Crippen LogP contribution in [0.15, 0.2) is 0 Å². The van der Waals surface area contributed by atoms with Gasteiger partial charge < -0.3 is 4.74 Å². The van der Waals surface area contributed by atoms with Crippen LogP contribution in [-0.4, -0.2) is 37.2 Å². The van der Waals surface area contributed by atoms with Crippen LogP contribution in [0.25, 0.3) is 0 Å². The lowest BCUT2D eigenvalue weighted by Gasteiger charge is -2.29. The van der Waals surface area contributed by atoms with Crippen molar-refractivity contribution in [2.75, 3.05) is 32.3 Å². The fourth-order valence-electron chi connectivity index (χ4n) is 1.51. The van der Waals surface area contributed by atoms with Crippen molar-refractivity contribution in [1.82, 2.24) is 4.90 Å². The zero-order chi connectivity index (χ0) is 8.10. The summed E-state index contributed by atoms with van der Waals surface area (Å²) in [5.74, 6) is 0.801. The van der Waals surface area contributed by atoms with Gasteiger partial charge >= 0.3 is 0 Å². The largest absolute Gasteiger partial charge is 0.384 e. The van der Waals surface area contributed by atoms with Crippen LogP contribution in [0, 0.1) is 5.92 Å². The molecule has 1 heterocycles. The molecule has 3 heteroatoms. The third-order valence-corrected chi connectivity index (χ3v) is 2.99. The van der Waals surface area contributed by atoms with E-state index < -0.39 is 0 Å². The van der Waals surface area contributed by atoms with Gasteiger partial charge in [-0.2, -0.15) is 0 Å². The van der Waals surface area contributed by atoms with Gasteiger partial charge in [0, 0.05) is 13.7 Å². The summed E-state index contributed by atoms with van der Waals surface area (Å²) in [4.78, 5) is 2.42. The molecule has 0 saturated carbocycles. The van der Waals surface area contributed by atoms with Crippen LogP contribution >= 0.6 is 15.9 Å². The maximum Gasteiger partial charge on any atom is 0.0542 e. The minimum atomic E-state index is 0.801. The van der Waals surface area contributed by atoms with E-state index in [1.54, 1.807) is 7.11 Å². The average molecular weight is 222 g/mol. The third kappa shape index (κ3) is 3.09. The van der Waals surface area contributed by atoms with Crippen molar-refractivity contribution in [3.8, 4) is 0 Å². The maximum absolute atomic E-state index is 5.12. The Bertz CT molecular complexity index is 102. The van der Waals surface area contributed by atoms with Gasteiger partial charge in [-0.1, -0.05) is 15.9 Å². The van der Waals surface area contributed by atoms with Crippen molar-refractivity contribution in [1.29, 1.82) is 0 Å². The number of ether oxygens (including phenoxy) is 1. The van der Waals surface area contributed by atoms with Gasteiger partial charge in [0.15, 0.2) is 0 Å². The number of methoxy groups -OCH3 is 1. The highest BCUT2D eigenvalue weighted by molar-refractivity contribution is 9.09. The molecular weight excluding hydrogens is 206 g/mol. The fourth-order valence-corrected chi connectivity index (χ4v) is 2.01. The normalized spacial score (nSPS) is 22.4. The molecule has 11 heavy (non-hydrogen) atoms. The zero-order valence-electron chi connectivity index (χ0n) is 7.05. The predicted molar refractivity (Wildman–Crippen MR) is 50.0 cm³/mol. The molecule has 0 aromatic carbocycles. The van der Waals surface area contributed by atoms with E-state index in [1.807, 2.05) is 0 Å². The summed E-state index contributed by atoms with van der Waals surface area (Å²) in [5, 5.41) is 0. The first kappa shape index (κ1) is 9.49. The summed E-state index contributed by atoms with van der Waals surface area (Å²) < 4.78 is 5.12. The molecule has 0 atom stereocenters. The highest BCUT2D eigenvalue weighted by atomic mass is 79.9. The van der Waals surface area contributed by atoms with E-state index in [0.29, 0.717) is 0 Å². The molecule has 1 fully saturated rings. The Morgan fingerprint density at radius 2 is 2.09 bits per heavy atom. The summed E-state index contributed by atoms with van der Waals surface area (Å²) in [5.41, 5.74) is 1.02. The van der Waals surface area contributed by atoms with E-state index in [-0.39, 0.29) is 0 Å². The van der Waals surface area contributed by atoms with Crippen LogP contribution in [0.2, 0.25) is 0 Å². The third-order valence-electron chi connectivity index (χ3n) is 2.28. The number of hydrogen-bond acceptors (Lipinski definition) is 2. The van der Waals surface area contributed by atoms with E-state index in [1.165, 1.54) is 25.9 Å². The van der Waals surface area contributed by atoms with E-state index in [0.717, 1.165) is 18.0 Å². The summed E-state index contributed by atoms with van der Waals surface area (Å²) in [6, 6.07) is 0. The highest BCUT2D eigenvalue weighted by Gasteiger charge is 2.17. The molecule has 0 bridgehead atoms. The second-order valence-corrected chi connectivity index (χ2v) is 3.64. The Morgan fingerprint density at radius 3 is 2.55 bits per heavy atom. The SMILES string of the molecule is COCC1CCN(CBr)CC1. The second kappa shape index (κ2) is 5.12. The fraction of sp³-hybridized carbons (Fsp3) is 1.00. The topological polar surface area (TPSA) is 12.5 Å². The molecule has 0 radical (unpaired) electrons. The molecule has 0 unspecified atom stereocenters. The number of rotatable bonds is 3. The van der Waals surface area contributed by atoms with Gasteiger partial charge in [-0.05, 0) is 31.8 Å². The zero-order valence-corrected chi connectivity index (χ0v) is 8.64. The molecule has 1 rings (SSSR count). The van der Waals surface area contributed by atoms with Crippen LogP contribution in [0.5, 0.6) is 0 Å². The monoisotopic (exact) mass is 221 g/mol. The molecule has 2 nitrogen and oxygen atoms in total. The van der Waals surface area contributed by atoms with Gasteiger partial charge in [0.05, 0.1) is 5.45 Å². The maximum atomic E-state index is 5.12. The first-order valence-corrected chi connectivity index (χ1v) is 5.26. The average Bonchev–Trinajstić information content (AvgIpc) is 2.07. The first-order chi connectivity index (χ1) is 5.36. The van der Waals surface area contributed by atoms with Crippen LogP contribution in [0.4, 0.5) is 0 Å². The standard InChI is InChI=1S/C8H16BrNO/c1-11-6-8-2-4-10(7-9)5-3-8/h8H,2-7H2,1H3. The molecule has 1 aliphatic heterocycles. The second-order valence-electron chi connectivity index (χ2n) is 3.14. The molecule has 66 valence electrons. The molecule has 0 aliphatic carbocycles. The van der Waals surface area contributed by atoms with Gasteiger partial charge in [-0.15, -0.1) is 0 Å². The van der Waals surface area contributed by atoms with Crippen LogP contribution in [0.3, 0.4) is 0 Å². The van der Waals surface area contributed by atoms with Gasteiger partial charge in [-0.25, -0.2) is 0 Å². The summed E-state index contributed by atoms with van der Waals surface area (Å²) in [7, 11) is 1.79. The Labute approximate surface area is 77.0 Å². The number of piperidine rings is 1. The Hall–Kier alpha value is 0.400. The summed E-state index contributed by atoms with van der Waals surface area (Å²) >= 11 is 3.46. The highest BCUT2D eigenvalue weighted by Crippen LogP contribution is 2.17. The van der Waals surface area contributed by atoms with Crippen LogP contribution < -0.4 is 0 Å². The smallest absolute Gasteiger partial charge is 0.0542 e. The van der Waals surface area contributed by atoms with Gasteiger partial charge in [-0.3, -0.25) is 4.90 Å². The molecule has 1 saturated heterocycles. The summed E-state index contributed by atoms with van der Waals surface area (Å²) in [6.07, 6.45) is 2.58. The lowest BCUT2D eigenvalue weighted by molar-refractivity contribution is 0.107. The molecule has 0 aromatic rings. The lowest BCUT2D eigenvalue weighted by atomic mass is 9.98. The molecule has 0 amide bonds. The molecular formula is C8H16BrNO. The van der Waals surface area contributed by atoms with Crippen LogP contribution in [-0.2, 0) is 4.74 Å². The van der Waals surface area contributed by atoms with Gasteiger partial charge in [0.25, 0.3) is 0 Å². The number of nitrogens with zero attached hydrogens (tertiary/aromatic N) is 1. The van der Waals surface area contributed by atoms with Crippen molar-refractivity contribution in [2.45, 2.75) is 12.8 Å². The number of halogens is 1. The van der Waals surface area contributed by atoms with Gasteiger partial charge in [0.1, 0.15) is 0 Å². The van der Waals surface area contributed by atoms with Crippen molar-refractivity contribution in [3.63, 3.8) is 0 Å². The molecule has 0 aromatic heterocycles. The first-order valence-electron chi connectivity index (χ1n) is 4.14. The number of likely N-dealkylation sites (tertiary alicyclic amines) is 1. The molecule has 1 aliphatic rings. The van der Waals surface area contributed by atoms with E-state index >= 15 is 0 Å². The Morgan fingerprint density at radius 1 is 1.45 bits per heavy atom. The van der Waals surface area contributed by atoms with Crippen molar-refractivity contribution in [2.24, 2.45) is 5.92 Å². The summed E-state index contributed by atoms with van der Waals surface area (Å²) in [6.45, 7) is 3.38. The minimum Gasteiger partial charge on any atom is -0.384 e. The molecule has 0 N–H and O–H groups in total. The van der Waals surface area contributed by atoms with Crippen molar-refractivity contribution in [3.05, 3.63) is 0 Å². The Balaban J connectivity index is 2.14. The van der Waals surface area contributed by atoms with E-state index in [4.69, 9.17) is 4.74 Å².